The fourth-order valence-corrected chi connectivity index (χ4v) is 1.20. The molecule has 0 rings (SSSR count). The monoisotopic (exact) mass is 196 g/mol. The Bertz CT molecular complexity index is 118. The van der Waals surface area contributed by atoms with Crippen LogP contribution in [0.25, 0.3) is 0 Å². The summed E-state index contributed by atoms with van der Waals surface area (Å²) in [6.45, 7) is 4.25. The van der Waals surface area contributed by atoms with E-state index in [2.05, 4.69) is 13.8 Å². The third-order valence-corrected chi connectivity index (χ3v) is 2.35. The fourth-order valence-electron chi connectivity index (χ4n) is 1.20. The maximum absolute atomic E-state index is 11.7. The van der Waals surface area contributed by atoms with E-state index in [9.17, 15) is 13.2 Å². The lowest BCUT2D eigenvalue weighted by Gasteiger charge is -2.08. The summed E-state index contributed by atoms with van der Waals surface area (Å²) < 4.78 is 35.1. The van der Waals surface area contributed by atoms with E-state index in [1.165, 1.54) is 0 Å². The molecule has 80 valence electrons. The van der Waals surface area contributed by atoms with Gasteiger partial charge in [-0.3, -0.25) is 0 Å². The van der Waals surface area contributed by atoms with Crippen LogP contribution in [0.1, 0.15) is 52.4 Å². The third kappa shape index (κ3) is 9.71. The molecule has 0 radical (unpaired) electrons. The number of hydrogen-bond donors (Lipinski definition) is 0. The molecule has 0 saturated carbocycles. The van der Waals surface area contributed by atoms with E-state index >= 15 is 0 Å². The predicted molar refractivity (Wildman–Crippen MR) is 48.6 cm³/mol. The van der Waals surface area contributed by atoms with E-state index < -0.39 is 12.6 Å². The van der Waals surface area contributed by atoms with Crippen LogP contribution in [0.15, 0.2) is 0 Å². The van der Waals surface area contributed by atoms with Gasteiger partial charge in [0.25, 0.3) is 0 Å². The zero-order valence-corrected chi connectivity index (χ0v) is 8.45. The van der Waals surface area contributed by atoms with Gasteiger partial charge in [0, 0.05) is 6.42 Å². The first-order valence-electron chi connectivity index (χ1n) is 5.02. The van der Waals surface area contributed by atoms with Crippen LogP contribution in [0, 0.1) is 5.92 Å². The smallest absolute Gasteiger partial charge is 0.171 e. The van der Waals surface area contributed by atoms with E-state index in [0.29, 0.717) is 18.8 Å². The van der Waals surface area contributed by atoms with Crippen LogP contribution in [-0.2, 0) is 0 Å². The molecular formula is C10H19F3. The summed E-state index contributed by atoms with van der Waals surface area (Å²) in [5, 5.41) is 0. The maximum atomic E-state index is 11.7. The largest absolute Gasteiger partial charge is 0.389 e. The number of halogens is 3. The van der Waals surface area contributed by atoms with Crippen molar-refractivity contribution in [2.75, 3.05) is 0 Å². The van der Waals surface area contributed by atoms with Crippen molar-refractivity contribution >= 4 is 0 Å². The maximum Gasteiger partial charge on any atom is 0.389 e. The first-order chi connectivity index (χ1) is 5.95. The molecule has 0 aromatic heterocycles. The molecule has 0 N–H and O–H groups in total. The molecule has 0 spiro atoms. The molecule has 0 bridgehead atoms. The van der Waals surface area contributed by atoms with Gasteiger partial charge in [0.1, 0.15) is 0 Å². The molecule has 3 heteroatoms. The minimum Gasteiger partial charge on any atom is -0.171 e. The molecule has 1 unspecified atom stereocenters. The first-order valence-corrected chi connectivity index (χ1v) is 5.02. The predicted octanol–water partition coefficient (Wildman–Crippen LogP) is 4.55. The van der Waals surface area contributed by atoms with Gasteiger partial charge in [-0.25, -0.2) is 0 Å². The number of hydrogen-bond acceptors (Lipinski definition) is 0. The molecule has 0 heterocycles. The van der Waals surface area contributed by atoms with Crippen LogP contribution in [0.2, 0.25) is 0 Å². The number of rotatable bonds is 6. The van der Waals surface area contributed by atoms with Gasteiger partial charge in [0.2, 0.25) is 0 Å². The lowest BCUT2D eigenvalue weighted by molar-refractivity contribution is -0.135. The highest BCUT2D eigenvalue weighted by Crippen LogP contribution is 2.23. The van der Waals surface area contributed by atoms with Gasteiger partial charge in [-0.15, -0.1) is 0 Å². The SMILES string of the molecule is CCC(C)CCCCCC(F)(F)F. The Kier molecular flexibility index (Phi) is 6.17. The highest BCUT2D eigenvalue weighted by Gasteiger charge is 2.25. The van der Waals surface area contributed by atoms with Gasteiger partial charge in [-0.2, -0.15) is 13.2 Å². The Morgan fingerprint density at radius 1 is 1.08 bits per heavy atom. The zero-order valence-electron chi connectivity index (χ0n) is 8.45. The molecule has 0 amide bonds. The summed E-state index contributed by atoms with van der Waals surface area (Å²) in [4.78, 5) is 0. The summed E-state index contributed by atoms with van der Waals surface area (Å²) in [6, 6.07) is 0. The van der Waals surface area contributed by atoms with E-state index in [-0.39, 0.29) is 0 Å². The molecular weight excluding hydrogens is 177 g/mol. The molecule has 0 aliphatic carbocycles. The van der Waals surface area contributed by atoms with Crippen molar-refractivity contribution in [3.8, 4) is 0 Å². The van der Waals surface area contributed by atoms with Crippen molar-refractivity contribution in [1.82, 2.24) is 0 Å². The zero-order chi connectivity index (χ0) is 10.3. The van der Waals surface area contributed by atoms with Gasteiger partial charge in [-0.05, 0) is 12.3 Å². The van der Waals surface area contributed by atoms with Crippen molar-refractivity contribution in [3.63, 3.8) is 0 Å². The minimum absolute atomic E-state index is 0.292. The fraction of sp³-hybridized carbons (Fsp3) is 1.00. The molecule has 0 aromatic carbocycles. The second-order valence-corrected chi connectivity index (χ2v) is 3.73. The molecule has 0 saturated heterocycles. The van der Waals surface area contributed by atoms with E-state index in [1.54, 1.807) is 0 Å². The summed E-state index contributed by atoms with van der Waals surface area (Å²) in [7, 11) is 0. The Balaban J connectivity index is 3.18. The number of alkyl halides is 3. The highest BCUT2D eigenvalue weighted by molar-refractivity contribution is 4.54. The van der Waals surface area contributed by atoms with Crippen molar-refractivity contribution in [2.45, 2.75) is 58.5 Å². The third-order valence-electron chi connectivity index (χ3n) is 2.35. The standard InChI is InChI=1S/C10H19F3/c1-3-9(2)7-5-4-6-8-10(11,12)13/h9H,3-8H2,1-2H3. The van der Waals surface area contributed by atoms with Crippen LogP contribution < -0.4 is 0 Å². The van der Waals surface area contributed by atoms with E-state index in [4.69, 9.17) is 0 Å². The second-order valence-electron chi connectivity index (χ2n) is 3.73. The molecule has 0 fully saturated rings. The van der Waals surface area contributed by atoms with Crippen LogP contribution in [0.4, 0.5) is 13.2 Å². The minimum atomic E-state index is -3.96. The summed E-state index contributed by atoms with van der Waals surface area (Å²) >= 11 is 0. The first kappa shape index (κ1) is 12.8. The van der Waals surface area contributed by atoms with Gasteiger partial charge in [0.05, 0.1) is 0 Å². The lowest BCUT2D eigenvalue weighted by atomic mass is 10.0. The van der Waals surface area contributed by atoms with Crippen molar-refractivity contribution in [1.29, 1.82) is 0 Å². The lowest BCUT2D eigenvalue weighted by Crippen LogP contribution is -2.06. The summed E-state index contributed by atoms with van der Waals surface area (Å²) in [5.41, 5.74) is 0. The Hall–Kier alpha value is -0.210. The average Bonchev–Trinajstić information content (AvgIpc) is 2.01. The van der Waals surface area contributed by atoms with E-state index in [0.717, 1.165) is 19.3 Å². The van der Waals surface area contributed by atoms with Crippen molar-refractivity contribution < 1.29 is 13.2 Å². The molecule has 0 aromatic rings. The summed E-state index contributed by atoms with van der Waals surface area (Å²) in [5.74, 6) is 0.658. The Morgan fingerprint density at radius 3 is 2.15 bits per heavy atom. The molecule has 13 heavy (non-hydrogen) atoms. The molecule has 0 aliphatic rings. The summed E-state index contributed by atoms with van der Waals surface area (Å²) in [6.07, 6.45) is -0.452. The topological polar surface area (TPSA) is 0 Å². The Labute approximate surface area is 78.5 Å². The average molecular weight is 196 g/mol. The second kappa shape index (κ2) is 6.28. The van der Waals surface area contributed by atoms with Gasteiger partial charge < -0.3 is 0 Å². The van der Waals surface area contributed by atoms with Crippen LogP contribution in [0.3, 0.4) is 0 Å². The van der Waals surface area contributed by atoms with Gasteiger partial charge in [-0.1, -0.05) is 39.5 Å². The quantitative estimate of drug-likeness (QED) is 0.547. The number of unbranched alkanes of at least 4 members (excludes halogenated alkanes) is 2. The van der Waals surface area contributed by atoms with E-state index in [1.807, 2.05) is 0 Å². The highest BCUT2D eigenvalue weighted by atomic mass is 19.4. The van der Waals surface area contributed by atoms with Crippen LogP contribution >= 0.6 is 0 Å². The molecule has 0 aliphatic heterocycles. The molecule has 0 nitrogen and oxygen atoms in total. The van der Waals surface area contributed by atoms with Crippen molar-refractivity contribution in [2.24, 2.45) is 5.92 Å². The van der Waals surface area contributed by atoms with Crippen molar-refractivity contribution in [3.05, 3.63) is 0 Å². The van der Waals surface area contributed by atoms with Gasteiger partial charge in [0.15, 0.2) is 0 Å². The van der Waals surface area contributed by atoms with Gasteiger partial charge >= 0.3 is 6.18 Å². The van der Waals surface area contributed by atoms with Crippen LogP contribution in [-0.4, -0.2) is 6.18 Å². The normalized spacial score (nSPS) is 14.5. The Morgan fingerprint density at radius 2 is 1.69 bits per heavy atom. The van der Waals surface area contributed by atoms with Crippen LogP contribution in [0.5, 0.6) is 0 Å². The molecule has 1 atom stereocenters.